The highest BCUT2D eigenvalue weighted by Gasteiger charge is 2.20. The number of benzene rings is 1. The highest BCUT2D eigenvalue weighted by molar-refractivity contribution is 9.11. The molecule has 1 heterocycles. The molecule has 0 spiro atoms. The molecule has 0 aliphatic carbocycles. The second kappa shape index (κ2) is 6.24. The van der Waals surface area contributed by atoms with E-state index in [-0.39, 0.29) is 15.7 Å². The number of nitrogens with one attached hydrogen (secondary N) is 1. The summed E-state index contributed by atoms with van der Waals surface area (Å²) >= 11 is 12.5. The molecule has 112 valence electrons. The van der Waals surface area contributed by atoms with Crippen molar-refractivity contribution >= 4 is 59.2 Å². The minimum absolute atomic E-state index is 0.103. The van der Waals surface area contributed by atoms with Gasteiger partial charge in [-0.3, -0.25) is 4.72 Å². The monoisotopic (exact) mass is 452 g/mol. The van der Waals surface area contributed by atoms with Crippen LogP contribution in [0.1, 0.15) is 11.1 Å². The Morgan fingerprint density at radius 3 is 2.48 bits per heavy atom. The molecule has 8 heteroatoms. The highest BCUT2D eigenvalue weighted by atomic mass is 79.9. The van der Waals surface area contributed by atoms with Gasteiger partial charge in [0, 0.05) is 15.1 Å². The number of anilines is 1. The van der Waals surface area contributed by atoms with Crippen molar-refractivity contribution in [3.8, 4) is 0 Å². The largest absolute Gasteiger partial charge is 0.276 e. The molecular weight excluding hydrogens is 443 g/mol. The topological polar surface area (TPSA) is 59.1 Å². The Morgan fingerprint density at radius 2 is 1.81 bits per heavy atom. The number of sulfonamides is 1. The van der Waals surface area contributed by atoms with Gasteiger partial charge < -0.3 is 0 Å². The highest BCUT2D eigenvalue weighted by Crippen LogP contribution is 2.31. The molecule has 0 radical (unpaired) electrons. The lowest BCUT2D eigenvalue weighted by Gasteiger charge is -2.12. The first kappa shape index (κ1) is 16.7. The van der Waals surface area contributed by atoms with Crippen LogP contribution < -0.4 is 4.72 Å². The number of hydrogen-bond donors (Lipinski definition) is 1. The van der Waals surface area contributed by atoms with Gasteiger partial charge in [0.15, 0.2) is 5.15 Å². The quantitative estimate of drug-likeness (QED) is 0.686. The third-order valence-corrected chi connectivity index (χ3v) is 6.20. The van der Waals surface area contributed by atoms with Gasteiger partial charge in [0.25, 0.3) is 10.0 Å². The summed E-state index contributed by atoms with van der Waals surface area (Å²) in [6, 6.07) is 4.90. The van der Waals surface area contributed by atoms with Crippen molar-refractivity contribution in [1.82, 2.24) is 4.98 Å². The van der Waals surface area contributed by atoms with E-state index in [0.29, 0.717) is 8.95 Å². The normalized spacial score (nSPS) is 11.5. The van der Waals surface area contributed by atoms with Crippen LogP contribution in [0.25, 0.3) is 0 Å². The van der Waals surface area contributed by atoms with Crippen LogP contribution in [-0.4, -0.2) is 13.4 Å². The lowest BCUT2D eigenvalue weighted by atomic mass is 10.2. The molecule has 0 amide bonds. The molecule has 0 aliphatic heterocycles. The first-order valence-electron chi connectivity index (χ1n) is 5.81. The Labute approximate surface area is 145 Å². The zero-order valence-corrected chi connectivity index (χ0v) is 15.9. The molecule has 1 aromatic heterocycles. The first-order chi connectivity index (χ1) is 9.70. The molecule has 0 saturated carbocycles. The Bertz CT molecular complexity index is 810. The first-order valence-corrected chi connectivity index (χ1v) is 9.26. The minimum Gasteiger partial charge on any atom is -0.276 e. The number of rotatable bonds is 3. The molecule has 4 nitrogen and oxygen atoms in total. The number of aromatic nitrogens is 1. The van der Waals surface area contributed by atoms with Gasteiger partial charge >= 0.3 is 0 Å². The van der Waals surface area contributed by atoms with Gasteiger partial charge in [-0.25, -0.2) is 13.4 Å². The number of aryl methyl sites for hydroxylation is 2. The van der Waals surface area contributed by atoms with Crippen molar-refractivity contribution in [2.45, 2.75) is 18.7 Å². The molecule has 0 fully saturated rings. The number of hydrogen-bond acceptors (Lipinski definition) is 3. The number of nitrogens with zero attached hydrogens (tertiary/aromatic N) is 1. The molecule has 1 aromatic carbocycles. The molecule has 21 heavy (non-hydrogen) atoms. The number of halogens is 3. The van der Waals surface area contributed by atoms with Crippen molar-refractivity contribution in [3.63, 3.8) is 0 Å². The summed E-state index contributed by atoms with van der Waals surface area (Å²) in [5.74, 6) is 0. The molecule has 2 aromatic rings. The van der Waals surface area contributed by atoms with E-state index < -0.39 is 10.0 Å². The summed E-state index contributed by atoms with van der Waals surface area (Å²) in [4.78, 5) is 4.05. The summed E-state index contributed by atoms with van der Waals surface area (Å²) in [5, 5.41) is 0.103. The predicted molar refractivity (Wildman–Crippen MR) is 91.4 cm³/mol. The maximum Gasteiger partial charge on any atom is 0.263 e. The van der Waals surface area contributed by atoms with E-state index in [0.717, 1.165) is 11.1 Å². The van der Waals surface area contributed by atoms with Gasteiger partial charge in [-0.05, 0) is 59.1 Å². The van der Waals surface area contributed by atoms with E-state index in [2.05, 4.69) is 41.6 Å². The third-order valence-electron chi connectivity index (χ3n) is 2.72. The van der Waals surface area contributed by atoms with Crippen molar-refractivity contribution < 1.29 is 8.42 Å². The summed E-state index contributed by atoms with van der Waals surface area (Å²) in [6.45, 7) is 3.68. The van der Waals surface area contributed by atoms with E-state index >= 15 is 0 Å². The second-order valence-electron chi connectivity index (χ2n) is 4.49. The fourth-order valence-electron chi connectivity index (χ4n) is 1.66. The van der Waals surface area contributed by atoms with E-state index in [1.807, 2.05) is 6.92 Å². The third kappa shape index (κ3) is 3.77. The fourth-order valence-corrected chi connectivity index (χ4v) is 4.60. The van der Waals surface area contributed by atoms with Crippen LogP contribution >= 0.6 is 43.5 Å². The van der Waals surface area contributed by atoms with Gasteiger partial charge in [-0.1, -0.05) is 27.5 Å². The second-order valence-corrected chi connectivity index (χ2v) is 8.21. The van der Waals surface area contributed by atoms with Crippen LogP contribution in [0.4, 0.5) is 5.69 Å². The van der Waals surface area contributed by atoms with Crippen LogP contribution in [0.2, 0.25) is 5.15 Å². The van der Waals surface area contributed by atoms with Crippen LogP contribution in [0.15, 0.2) is 38.2 Å². The molecule has 0 saturated heterocycles. The minimum atomic E-state index is -3.77. The van der Waals surface area contributed by atoms with Crippen molar-refractivity contribution in [2.24, 2.45) is 0 Å². The van der Waals surface area contributed by atoms with Gasteiger partial charge in [-0.15, -0.1) is 0 Å². The maximum absolute atomic E-state index is 12.5. The lowest BCUT2D eigenvalue weighted by Crippen LogP contribution is -2.14. The van der Waals surface area contributed by atoms with Gasteiger partial charge in [-0.2, -0.15) is 0 Å². The molecule has 2 rings (SSSR count). The summed E-state index contributed by atoms with van der Waals surface area (Å²) in [7, 11) is -3.77. The Balaban J connectivity index is 2.48. The molecule has 1 N–H and O–H groups in total. The smallest absolute Gasteiger partial charge is 0.263 e. The van der Waals surface area contributed by atoms with Crippen LogP contribution in [0, 0.1) is 13.8 Å². The fraction of sp³-hybridized carbons (Fsp3) is 0.154. The average Bonchev–Trinajstić information content (AvgIpc) is 2.37. The van der Waals surface area contributed by atoms with Crippen molar-refractivity contribution in [1.29, 1.82) is 0 Å². The zero-order chi connectivity index (χ0) is 15.8. The zero-order valence-electron chi connectivity index (χ0n) is 11.1. The molecule has 0 bridgehead atoms. The van der Waals surface area contributed by atoms with E-state index in [1.165, 1.54) is 0 Å². The van der Waals surface area contributed by atoms with Crippen LogP contribution in [0.5, 0.6) is 0 Å². The Kier molecular flexibility index (Phi) is 4.97. The SMILES string of the molecule is Cc1cnc(Cl)c(NS(=O)(=O)c2cc(Br)c(C)cc2Br)c1. The summed E-state index contributed by atoms with van der Waals surface area (Å²) in [5.41, 5.74) is 1.98. The number of pyridine rings is 1. The molecule has 0 atom stereocenters. The predicted octanol–water partition coefficient (Wildman–Crippen LogP) is 4.68. The summed E-state index contributed by atoms with van der Waals surface area (Å²) in [6.07, 6.45) is 1.57. The van der Waals surface area contributed by atoms with Crippen LogP contribution in [0.3, 0.4) is 0 Å². The maximum atomic E-state index is 12.5. The van der Waals surface area contributed by atoms with Gasteiger partial charge in [0.2, 0.25) is 0 Å². The molecule has 0 unspecified atom stereocenters. The Hall–Kier alpha value is -0.630. The van der Waals surface area contributed by atoms with E-state index in [4.69, 9.17) is 11.6 Å². The van der Waals surface area contributed by atoms with Gasteiger partial charge in [0.1, 0.15) is 4.90 Å². The van der Waals surface area contributed by atoms with Crippen molar-refractivity contribution in [3.05, 3.63) is 49.6 Å². The average molecular weight is 455 g/mol. The van der Waals surface area contributed by atoms with Crippen LogP contribution in [-0.2, 0) is 10.0 Å². The van der Waals surface area contributed by atoms with E-state index in [9.17, 15) is 8.42 Å². The summed E-state index contributed by atoms with van der Waals surface area (Å²) < 4.78 is 28.6. The standard InChI is InChI=1S/C13H11Br2ClN2O2S/c1-7-3-11(13(16)17-6-7)18-21(19,20)12-5-9(14)8(2)4-10(12)15/h3-6,18H,1-2H3. The lowest BCUT2D eigenvalue weighted by molar-refractivity contribution is 0.600. The molecule has 0 aliphatic rings. The Morgan fingerprint density at radius 1 is 1.14 bits per heavy atom. The van der Waals surface area contributed by atoms with Crippen molar-refractivity contribution in [2.75, 3.05) is 4.72 Å². The van der Waals surface area contributed by atoms with Gasteiger partial charge in [0.05, 0.1) is 5.69 Å². The molecular formula is C13H11Br2ClN2O2S. The van der Waals surface area contributed by atoms with E-state index in [1.54, 1.807) is 31.3 Å².